The predicted octanol–water partition coefficient (Wildman–Crippen LogP) is 4.28. The van der Waals surface area contributed by atoms with E-state index in [1.54, 1.807) is 14.2 Å². The molecule has 0 aliphatic carbocycles. The zero-order valence-corrected chi connectivity index (χ0v) is 16.4. The van der Waals surface area contributed by atoms with Crippen LogP contribution in [0.3, 0.4) is 0 Å². The summed E-state index contributed by atoms with van der Waals surface area (Å²) in [6.07, 6.45) is 0.870. The predicted molar refractivity (Wildman–Crippen MR) is 107 cm³/mol. The number of ether oxygens (including phenoxy) is 3. The normalized spacial score (nSPS) is 10.6. The molecule has 0 radical (unpaired) electrons. The molecule has 1 amide bonds. The minimum atomic E-state index is -0.0936. The van der Waals surface area contributed by atoms with Crippen LogP contribution in [0.25, 0.3) is 10.2 Å². The van der Waals surface area contributed by atoms with E-state index in [1.165, 1.54) is 11.3 Å². The van der Waals surface area contributed by atoms with Crippen molar-refractivity contribution < 1.29 is 19.0 Å². The van der Waals surface area contributed by atoms with Gasteiger partial charge >= 0.3 is 0 Å². The number of aryl methyl sites for hydroxylation is 1. The lowest BCUT2D eigenvalue weighted by Gasteiger charge is -2.12. The fourth-order valence-electron chi connectivity index (χ4n) is 2.80. The summed E-state index contributed by atoms with van der Waals surface area (Å²) in [7, 11) is 3.19. The minimum absolute atomic E-state index is 0.0936. The SMILES string of the molecule is CCOc1ccc2nc(NC(=O)CCc3cccc(OC)c3OC)sc2c1. The van der Waals surface area contributed by atoms with E-state index in [2.05, 4.69) is 10.3 Å². The van der Waals surface area contributed by atoms with E-state index in [0.717, 1.165) is 21.5 Å². The number of rotatable bonds is 8. The van der Waals surface area contributed by atoms with Crippen LogP contribution >= 0.6 is 11.3 Å². The van der Waals surface area contributed by atoms with Crippen molar-refractivity contribution in [2.45, 2.75) is 19.8 Å². The van der Waals surface area contributed by atoms with Crippen LogP contribution in [0.1, 0.15) is 18.9 Å². The van der Waals surface area contributed by atoms with Gasteiger partial charge in [0, 0.05) is 6.42 Å². The maximum absolute atomic E-state index is 12.3. The minimum Gasteiger partial charge on any atom is -0.494 e. The number of nitrogens with one attached hydrogen (secondary N) is 1. The molecule has 7 heteroatoms. The Kier molecular flexibility index (Phi) is 6.13. The van der Waals surface area contributed by atoms with Crippen molar-refractivity contribution in [1.29, 1.82) is 0 Å². The van der Waals surface area contributed by atoms with Crippen molar-refractivity contribution in [2.75, 3.05) is 26.1 Å². The standard InChI is InChI=1S/C20H22N2O4S/c1-4-26-14-9-10-15-17(12-14)27-20(21-15)22-18(23)11-8-13-6-5-7-16(24-2)19(13)25-3/h5-7,9-10,12H,4,8,11H2,1-3H3,(H,21,22,23). The van der Waals surface area contributed by atoms with Gasteiger partial charge in [-0.1, -0.05) is 23.5 Å². The first-order valence-electron chi connectivity index (χ1n) is 8.67. The van der Waals surface area contributed by atoms with Gasteiger partial charge in [-0.2, -0.15) is 0 Å². The van der Waals surface area contributed by atoms with Gasteiger partial charge in [0.05, 0.1) is 31.0 Å². The largest absolute Gasteiger partial charge is 0.494 e. The molecule has 0 fully saturated rings. The molecule has 3 aromatic rings. The highest BCUT2D eigenvalue weighted by atomic mass is 32.1. The van der Waals surface area contributed by atoms with Crippen molar-refractivity contribution in [3.05, 3.63) is 42.0 Å². The Morgan fingerprint density at radius 1 is 1.19 bits per heavy atom. The highest BCUT2D eigenvalue weighted by Gasteiger charge is 2.13. The topological polar surface area (TPSA) is 69.7 Å². The number of hydrogen-bond acceptors (Lipinski definition) is 6. The molecule has 1 aromatic heterocycles. The van der Waals surface area contributed by atoms with Crippen LogP contribution in [0.2, 0.25) is 0 Å². The molecule has 0 unspecified atom stereocenters. The number of methoxy groups -OCH3 is 2. The highest BCUT2D eigenvalue weighted by molar-refractivity contribution is 7.22. The van der Waals surface area contributed by atoms with Crippen LogP contribution in [0.5, 0.6) is 17.2 Å². The summed E-state index contributed by atoms with van der Waals surface area (Å²) in [5.41, 5.74) is 1.77. The molecule has 6 nitrogen and oxygen atoms in total. The maximum atomic E-state index is 12.3. The zero-order valence-electron chi connectivity index (χ0n) is 15.6. The zero-order chi connectivity index (χ0) is 19.2. The third-order valence-electron chi connectivity index (χ3n) is 4.02. The summed E-state index contributed by atoms with van der Waals surface area (Å²) >= 11 is 1.43. The molecular formula is C20H22N2O4S. The van der Waals surface area contributed by atoms with Crippen molar-refractivity contribution in [3.63, 3.8) is 0 Å². The third-order valence-corrected chi connectivity index (χ3v) is 4.96. The lowest BCUT2D eigenvalue weighted by molar-refractivity contribution is -0.116. The van der Waals surface area contributed by atoms with E-state index >= 15 is 0 Å². The Bertz CT molecular complexity index is 939. The van der Waals surface area contributed by atoms with Gasteiger partial charge in [0.25, 0.3) is 0 Å². The first kappa shape index (κ1) is 19.0. The second kappa shape index (κ2) is 8.73. The molecule has 0 atom stereocenters. The number of anilines is 1. The molecule has 1 heterocycles. The maximum Gasteiger partial charge on any atom is 0.226 e. The van der Waals surface area contributed by atoms with Gasteiger partial charge in [-0.3, -0.25) is 4.79 Å². The molecule has 0 spiro atoms. The van der Waals surface area contributed by atoms with Crippen LogP contribution in [-0.2, 0) is 11.2 Å². The number of amides is 1. The number of hydrogen-bond donors (Lipinski definition) is 1. The van der Waals surface area contributed by atoms with Crippen molar-refractivity contribution >= 4 is 32.6 Å². The first-order chi connectivity index (χ1) is 13.1. The Balaban J connectivity index is 1.65. The van der Waals surface area contributed by atoms with Gasteiger partial charge in [-0.05, 0) is 43.2 Å². The number of carbonyl (C=O) groups excluding carboxylic acids is 1. The second-order valence-electron chi connectivity index (χ2n) is 5.78. The Hall–Kier alpha value is -2.80. The van der Waals surface area contributed by atoms with Gasteiger partial charge in [-0.15, -0.1) is 0 Å². The summed E-state index contributed by atoms with van der Waals surface area (Å²) in [5.74, 6) is 2.03. The van der Waals surface area contributed by atoms with Crippen LogP contribution in [0, 0.1) is 0 Å². The molecular weight excluding hydrogens is 364 g/mol. The molecule has 0 saturated heterocycles. The molecule has 0 saturated carbocycles. The summed E-state index contributed by atoms with van der Waals surface area (Å²) in [4.78, 5) is 16.8. The number of fused-ring (bicyclic) bond motifs is 1. The first-order valence-corrected chi connectivity index (χ1v) is 9.49. The summed E-state index contributed by atoms with van der Waals surface area (Å²) < 4.78 is 17.2. The second-order valence-corrected chi connectivity index (χ2v) is 6.81. The van der Waals surface area contributed by atoms with Gasteiger partial charge < -0.3 is 19.5 Å². The van der Waals surface area contributed by atoms with Crippen molar-refractivity contribution in [3.8, 4) is 17.2 Å². The van der Waals surface area contributed by atoms with E-state index in [4.69, 9.17) is 14.2 Å². The summed E-state index contributed by atoms with van der Waals surface area (Å²) in [6.45, 7) is 2.56. The van der Waals surface area contributed by atoms with Crippen molar-refractivity contribution in [2.24, 2.45) is 0 Å². The number of benzene rings is 2. The molecule has 1 N–H and O–H groups in total. The molecule has 2 aromatic carbocycles. The Morgan fingerprint density at radius 2 is 2.04 bits per heavy atom. The van der Waals surface area contributed by atoms with Crippen molar-refractivity contribution in [1.82, 2.24) is 4.98 Å². The molecule has 0 aliphatic rings. The van der Waals surface area contributed by atoms with Crippen LogP contribution in [-0.4, -0.2) is 31.7 Å². The average molecular weight is 386 g/mol. The summed E-state index contributed by atoms with van der Waals surface area (Å²) in [6, 6.07) is 11.4. The number of carbonyl (C=O) groups is 1. The van der Waals surface area contributed by atoms with Crippen LogP contribution in [0.15, 0.2) is 36.4 Å². The lowest BCUT2D eigenvalue weighted by Crippen LogP contribution is -2.12. The van der Waals surface area contributed by atoms with E-state index in [1.807, 2.05) is 43.3 Å². The van der Waals surface area contributed by atoms with E-state index in [-0.39, 0.29) is 5.91 Å². The number of para-hydroxylation sites is 1. The number of thiazole rings is 1. The van der Waals surface area contributed by atoms with E-state index < -0.39 is 0 Å². The van der Waals surface area contributed by atoms with Crippen LogP contribution in [0.4, 0.5) is 5.13 Å². The molecule has 0 aliphatic heterocycles. The fraction of sp³-hybridized carbons (Fsp3) is 0.300. The highest BCUT2D eigenvalue weighted by Crippen LogP contribution is 2.32. The van der Waals surface area contributed by atoms with Gasteiger partial charge in [0.1, 0.15) is 5.75 Å². The third kappa shape index (κ3) is 4.49. The molecule has 142 valence electrons. The van der Waals surface area contributed by atoms with E-state index in [0.29, 0.717) is 36.1 Å². The average Bonchev–Trinajstić information content (AvgIpc) is 3.07. The molecule has 27 heavy (non-hydrogen) atoms. The Morgan fingerprint density at radius 3 is 2.78 bits per heavy atom. The quantitative estimate of drug-likeness (QED) is 0.626. The fourth-order valence-corrected chi connectivity index (χ4v) is 3.71. The van der Waals surface area contributed by atoms with Gasteiger partial charge in [-0.25, -0.2) is 4.98 Å². The van der Waals surface area contributed by atoms with E-state index in [9.17, 15) is 4.79 Å². The molecule has 0 bridgehead atoms. The number of aromatic nitrogens is 1. The molecule has 3 rings (SSSR count). The van der Waals surface area contributed by atoms with Gasteiger partial charge in [0.15, 0.2) is 16.6 Å². The monoisotopic (exact) mass is 386 g/mol. The Labute approximate surface area is 162 Å². The van der Waals surface area contributed by atoms with Crippen LogP contribution < -0.4 is 19.5 Å². The lowest BCUT2D eigenvalue weighted by atomic mass is 10.1. The number of nitrogens with zero attached hydrogens (tertiary/aromatic N) is 1. The summed E-state index contributed by atoms with van der Waals surface area (Å²) in [5, 5.41) is 3.46. The van der Waals surface area contributed by atoms with Gasteiger partial charge in [0.2, 0.25) is 5.91 Å². The smallest absolute Gasteiger partial charge is 0.226 e.